The van der Waals surface area contributed by atoms with E-state index in [9.17, 15) is 18.4 Å². The van der Waals surface area contributed by atoms with Crippen molar-refractivity contribution in [2.45, 2.75) is 0 Å². The lowest BCUT2D eigenvalue weighted by Gasteiger charge is -2.13. The summed E-state index contributed by atoms with van der Waals surface area (Å²) in [5.41, 5.74) is 1.58. The Hall–Kier alpha value is -3.04. The van der Waals surface area contributed by atoms with E-state index in [1.807, 2.05) is 5.48 Å². The molecule has 132 valence electrons. The van der Waals surface area contributed by atoms with Crippen LogP contribution in [0.2, 0.25) is 0 Å². The molecular weight excluding hydrogens is 338 g/mol. The molecule has 0 spiro atoms. The Morgan fingerprint density at radius 3 is 2.36 bits per heavy atom. The standard InChI is InChI=1S/C16H14F2N2O5/c17-12-6-5-11(15(22)20-25-8-7-21)14(13(12)18)19-10-3-1-9(2-4-10)16(23)24/h1-6,19,21H,7-8H2,(H,20,22)(H,23,24). The fraction of sp³-hybridized carbons (Fsp3) is 0.125. The Labute approximate surface area is 140 Å². The first-order valence-electron chi connectivity index (χ1n) is 7.05. The molecule has 25 heavy (non-hydrogen) atoms. The third-order valence-electron chi connectivity index (χ3n) is 3.10. The van der Waals surface area contributed by atoms with E-state index in [4.69, 9.17) is 10.2 Å². The zero-order valence-corrected chi connectivity index (χ0v) is 12.8. The lowest BCUT2D eigenvalue weighted by Crippen LogP contribution is -2.26. The van der Waals surface area contributed by atoms with Gasteiger partial charge in [-0.1, -0.05) is 0 Å². The number of hydrogen-bond donors (Lipinski definition) is 4. The molecule has 1 amide bonds. The average molecular weight is 352 g/mol. The summed E-state index contributed by atoms with van der Waals surface area (Å²) in [6.45, 7) is -0.506. The van der Waals surface area contributed by atoms with Crippen LogP contribution in [0.15, 0.2) is 36.4 Å². The minimum absolute atomic E-state index is 0.0145. The van der Waals surface area contributed by atoms with Gasteiger partial charge in [0.2, 0.25) is 0 Å². The highest BCUT2D eigenvalue weighted by Gasteiger charge is 2.19. The summed E-state index contributed by atoms with van der Waals surface area (Å²) in [7, 11) is 0. The quantitative estimate of drug-likeness (QED) is 0.449. The number of carbonyl (C=O) groups is 2. The van der Waals surface area contributed by atoms with Crippen LogP contribution in [-0.4, -0.2) is 35.3 Å². The highest BCUT2D eigenvalue weighted by atomic mass is 19.2. The predicted octanol–water partition coefficient (Wildman–Crippen LogP) is 2.06. The van der Waals surface area contributed by atoms with Gasteiger partial charge in [0.05, 0.1) is 30.0 Å². The number of hydrogen-bond acceptors (Lipinski definition) is 5. The SMILES string of the molecule is O=C(O)c1ccc(Nc2c(C(=O)NOCCO)ccc(F)c2F)cc1. The van der Waals surface area contributed by atoms with Crippen molar-refractivity contribution in [1.82, 2.24) is 5.48 Å². The number of aliphatic hydroxyl groups excluding tert-OH is 1. The maximum Gasteiger partial charge on any atom is 0.335 e. The Balaban J connectivity index is 2.30. The zero-order valence-electron chi connectivity index (χ0n) is 12.8. The molecule has 0 heterocycles. The Morgan fingerprint density at radius 1 is 1.08 bits per heavy atom. The number of nitrogens with one attached hydrogen (secondary N) is 2. The molecule has 0 saturated heterocycles. The molecule has 2 aromatic carbocycles. The van der Waals surface area contributed by atoms with E-state index < -0.39 is 29.2 Å². The Kier molecular flexibility index (Phi) is 5.98. The van der Waals surface area contributed by atoms with Crippen molar-refractivity contribution in [3.8, 4) is 0 Å². The molecule has 4 N–H and O–H groups in total. The molecule has 0 fully saturated rings. The summed E-state index contributed by atoms with van der Waals surface area (Å²) in [6.07, 6.45) is 0. The normalized spacial score (nSPS) is 10.4. The van der Waals surface area contributed by atoms with Crippen LogP contribution in [-0.2, 0) is 4.84 Å². The molecule has 0 aromatic heterocycles. The molecule has 2 aromatic rings. The number of benzene rings is 2. The number of amides is 1. The van der Waals surface area contributed by atoms with Crippen LogP contribution in [0.3, 0.4) is 0 Å². The maximum absolute atomic E-state index is 14.1. The van der Waals surface area contributed by atoms with Crippen molar-refractivity contribution in [1.29, 1.82) is 0 Å². The topological polar surface area (TPSA) is 108 Å². The van der Waals surface area contributed by atoms with E-state index in [1.165, 1.54) is 24.3 Å². The molecule has 0 radical (unpaired) electrons. The summed E-state index contributed by atoms with van der Waals surface area (Å²) < 4.78 is 27.6. The monoisotopic (exact) mass is 352 g/mol. The van der Waals surface area contributed by atoms with Crippen molar-refractivity contribution < 1.29 is 33.4 Å². The number of carbonyl (C=O) groups excluding carboxylic acids is 1. The van der Waals surface area contributed by atoms with Crippen molar-refractivity contribution in [2.75, 3.05) is 18.5 Å². The summed E-state index contributed by atoms with van der Waals surface area (Å²) in [5.74, 6) is -4.43. The second-order valence-corrected chi connectivity index (χ2v) is 4.79. The first kappa shape index (κ1) is 18.3. The number of rotatable bonds is 7. The molecule has 0 aliphatic heterocycles. The highest BCUT2D eigenvalue weighted by Crippen LogP contribution is 2.26. The Bertz CT molecular complexity index is 781. The minimum atomic E-state index is -1.28. The van der Waals surface area contributed by atoms with E-state index in [0.717, 1.165) is 12.1 Å². The number of halogens is 2. The second-order valence-electron chi connectivity index (χ2n) is 4.79. The summed E-state index contributed by atoms with van der Waals surface area (Å²) in [5, 5.41) is 20.0. The van der Waals surface area contributed by atoms with Gasteiger partial charge in [-0.2, -0.15) is 0 Å². The van der Waals surface area contributed by atoms with Gasteiger partial charge in [0, 0.05) is 5.69 Å². The van der Waals surface area contributed by atoms with Crippen molar-refractivity contribution in [2.24, 2.45) is 0 Å². The van der Waals surface area contributed by atoms with Crippen LogP contribution in [0, 0.1) is 11.6 Å². The molecular formula is C16H14F2N2O5. The smallest absolute Gasteiger partial charge is 0.335 e. The largest absolute Gasteiger partial charge is 0.478 e. The van der Waals surface area contributed by atoms with Crippen LogP contribution in [0.4, 0.5) is 20.2 Å². The lowest BCUT2D eigenvalue weighted by molar-refractivity contribution is 0.0168. The van der Waals surface area contributed by atoms with Crippen molar-refractivity contribution in [3.05, 3.63) is 59.2 Å². The molecule has 2 rings (SSSR count). The molecule has 0 saturated carbocycles. The number of carboxylic acids is 1. The van der Waals surface area contributed by atoms with Crippen LogP contribution in [0.1, 0.15) is 20.7 Å². The second kappa shape index (κ2) is 8.18. The minimum Gasteiger partial charge on any atom is -0.478 e. The van der Waals surface area contributed by atoms with Gasteiger partial charge in [0.1, 0.15) is 0 Å². The molecule has 0 aliphatic rings. The van der Waals surface area contributed by atoms with Crippen LogP contribution in [0.5, 0.6) is 0 Å². The molecule has 9 heteroatoms. The fourth-order valence-electron chi connectivity index (χ4n) is 1.92. The summed E-state index contributed by atoms with van der Waals surface area (Å²) in [4.78, 5) is 27.5. The average Bonchev–Trinajstić information content (AvgIpc) is 2.59. The molecule has 0 bridgehead atoms. The molecule has 0 aliphatic carbocycles. The maximum atomic E-state index is 14.1. The van der Waals surface area contributed by atoms with E-state index >= 15 is 0 Å². The first-order valence-corrected chi connectivity index (χ1v) is 7.05. The molecule has 0 unspecified atom stereocenters. The Morgan fingerprint density at radius 2 is 1.76 bits per heavy atom. The van der Waals surface area contributed by atoms with Gasteiger partial charge < -0.3 is 15.5 Å². The van der Waals surface area contributed by atoms with Gasteiger partial charge in [-0.3, -0.25) is 9.63 Å². The van der Waals surface area contributed by atoms with Gasteiger partial charge >= 0.3 is 5.97 Å². The van der Waals surface area contributed by atoms with Gasteiger partial charge in [-0.25, -0.2) is 19.1 Å². The van der Waals surface area contributed by atoms with E-state index in [1.54, 1.807) is 0 Å². The van der Waals surface area contributed by atoms with Gasteiger partial charge in [0.25, 0.3) is 5.91 Å². The van der Waals surface area contributed by atoms with Gasteiger partial charge in [-0.15, -0.1) is 0 Å². The zero-order chi connectivity index (χ0) is 18.4. The van der Waals surface area contributed by atoms with Crippen LogP contribution < -0.4 is 10.8 Å². The van der Waals surface area contributed by atoms with Crippen LogP contribution in [0.25, 0.3) is 0 Å². The third-order valence-corrected chi connectivity index (χ3v) is 3.10. The number of anilines is 2. The number of aliphatic hydroxyl groups is 1. The van der Waals surface area contributed by atoms with E-state index in [0.29, 0.717) is 0 Å². The van der Waals surface area contributed by atoms with E-state index in [-0.39, 0.29) is 30.0 Å². The summed E-state index contributed by atoms with van der Waals surface area (Å²) in [6, 6.07) is 7.08. The predicted molar refractivity (Wildman–Crippen MR) is 83.5 cm³/mol. The number of aromatic carboxylic acids is 1. The van der Waals surface area contributed by atoms with Gasteiger partial charge in [-0.05, 0) is 36.4 Å². The van der Waals surface area contributed by atoms with Gasteiger partial charge in [0.15, 0.2) is 11.6 Å². The summed E-state index contributed by atoms with van der Waals surface area (Å²) >= 11 is 0. The van der Waals surface area contributed by atoms with Crippen molar-refractivity contribution >= 4 is 23.3 Å². The van der Waals surface area contributed by atoms with E-state index in [2.05, 4.69) is 10.2 Å². The van der Waals surface area contributed by atoms with Crippen LogP contribution >= 0.6 is 0 Å². The molecule has 7 nitrogen and oxygen atoms in total. The van der Waals surface area contributed by atoms with Crippen molar-refractivity contribution in [3.63, 3.8) is 0 Å². The highest BCUT2D eigenvalue weighted by molar-refractivity contribution is 6.00. The number of hydroxylamine groups is 1. The first-order chi connectivity index (χ1) is 11.9. The molecule has 0 atom stereocenters. The third kappa shape index (κ3) is 4.49. The number of carboxylic acid groups (broad SMARTS) is 1. The lowest BCUT2D eigenvalue weighted by atomic mass is 10.1. The fourth-order valence-corrected chi connectivity index (χ4v) is 1.92.